The van der Waals surface area contributed by atoms with E-state index in [2.05, 4.69) is 44.3 Å². The molecular formula is C36H37N3O4. The number of hydrogen-bond donors (Lipinski definition) is 2. The largest absolute Gasteiger partial charge is 0.481 e. The van der Waals surface area contributed by atoms with E-state index in [-0.39, 0.29) is 17.5 Å². The summed E-state index contributed by atoms with van der Waals surface area (Å²) in [6.45, 7) is 6.54. The summed E-state index contributed by atoms with van der Waals surface area (Å²) in [6, 6.07) is 23.6. The number of benzene rings is 3. The maximum atomic E-state index is 13.5. The summed E-state index contributed by atoms with van der Waals surface area (Å²) >= 11 is 0. The van der Waals surface area contributed by atoms with Gasteiger partial charge in [-0.25, -0.2) is 4.98 Å². The van der Waals surface area contributed by atoms with E-state index in [1.165, 1.54) is 18.4 Å². The molecule has 0 radical (unpaired) electrons. The average molecular weight is 576 g/mol. The van der Waals surface area contributed by atoms with Crippen molar-refractivity contribution in [3.05, 3.63) is 101 Å². The maximum absolute atomic E-state index is 13.5. The van der Waals surface area contributed by atoms with Crippen molar-refractivity contribution in [1.82, 2.24) is 10.3 Å². The van der Waals surface area contributed by atoms with E-state index in [1.54, 1.807) is 30.3 Å². The summed E-state index contributed by atoms with van der Waals surface area (Å²) in [5.41, 5.74) is 3.45. The molecule has 1 unspecified atom stereocenters. The number of rotatable bonds is 9. The molecule has 4 aromatic rings. The molecule has 1 aromatic heterocycles. The van der Waals surface area contributed by atoms with Gasteiger partial charge in [0.25, 0.3) is 5.91 Å². The topological polar surface area (TPSA) is 112 Å². The molecule has 1 amide bonds. The Balaban J connectivity index is 1.45. The molecule has 1 atom stereocenters. The number of carbonyl (C=O) groups excluding carboxylic acids is 1. The summed E-state index contributed by atoms with van der Waals surface area (Å²) in [5.74, 6) is 0.473. The minimum absolute atomic E-state index is 0.0575. The van der Waals surface area contributed by atoms with Gasteiger partial charge in [-0.2, -0.15) is 5.26 Å². The van der Waals surface area contributed by atoms with Gasteiger partial charge in [0.15, 0.2) is 0 Å². The first-order valence-corrected chi connectivity index (χ1v) is 14.8. The first-order valence-electron chi connectivity index (χ1n) is 14.8. The van der Waals surface area contributed by atoms with Crippen LogP contribution in [0.1, 0.15) is 91.8 Å². The smallest absolute Gasteiger partial charge is 0.305 e. The highest BCUT2D eigenvalue weighted by Crippen LogP contribution is 2.33. The van der Waals surface area contributed by atoms with Crippen molar-refractivity contribution in [3.63, 3.8) is 0 Å². The third-order valence-corrected chi connectivity index (χ3v) is 8.15. The van der Waals surface area contributed by atoms with Gasteiger partial charge in [0.2, 0.25) is 0 Å². The van der Waals surface area contributed by atoms with Crippen LogP contribution in [0, 0.1) is 17.2 Å². The van der Waals surface area contributed by atoms with Crippen molar-refractivity contribution in [2.75, 3.05) is 0 Å². The Bertz CT molecular complexity index is 1660. The number of carboxylic acid groups (broad SMARTS) is 1. The van der Waals surface area contributed by atoms with Crippen LogP contribution in [-0.2, 0) is 16.6 Å². The van der Waals surface area contributed by atoms with Crippen LogP contribution < -0.4 is 10.1 Å². The van der Waals surface area contributed by atoms with Crippen molar-refractivity contribution in [2.24, 2.45) is 5.92 Å². The highest BCUT2D eigenvalue weighted by molar-refractivity contribution is 5.98. The molecule has 5 rings (SSSR count). The van der Waals surface area contributed by atoms with Crippen LogP contribution in [0.25, 0.3) is 10.8 Å². The number of nitrogens with zero attached hydrogens (tertiary/aromatic N) is 2. The third kappa shape index (κ3) is 7.39. The molecule has 43 heavy (non-hydrogen) atoms. The molecule has 0 aliphatic heterocycles. The van der Waals surface area contributed by atoms with Gasteiger partial charge in [0.05, 0.1) is 24.1 Å². The Morgan fingerprint density at radius 1 is 1.00 bits per heavy atom. The van der Waals surface area contributed by atoms with Crippen LogP contribution in [0.4, 0.5) is 0 Å². The lowest BCUT2D eigenvalue weighted by Crippen LogP contribution is -2.31. The van der Waals surface area contributed by atoms with E-state index in [4.69, 9.17) is 15.0 Å². The zero-order valence-corrected chi connectivity index (χ0v) is 24.9. The van der Waals surface area contributed by atoms with Gasteiger partial charge in [-0.05, 0) is 76.7 Å². The van der Waals surface area contributed by atoms with Crippen LogP contribution in [0.5, 0.6) is 11.5 Å². The SMILES string of the molecule is CC(C)(C)c1ccc(Oc2ccc3cc(C(=O)NC(CC(=O)O)c4ccc(C#N)cc4)nc(CC4CCCC4)c3c2)cc1. The molecule has 0 bridgehead atoms. The van der Waals surface area contributed by atoms with Gasteiger partial charge in [-0.3, -0.25) is 9.59 Å². The van der Waals surface area contributed by atoms with E-state index in [1.807, 2.05) is 30.3 Å². The number of fused-ring (bicyclic) bond motifs is 1. The fourth-order valence-corrected chi connectivity index (χ4v) is 5.73. The van der Waals surface area contributed by atoms with E-state index in [0.717, 1.165) is 41.5 Å². The lowest BCUT2D eigenvalue weighted by Gasteiger charge is -2.19. The normalized spacial score (nSPS) is 14.3. The standard InChI is InChI=1S/C36H37N3O4/c1-36(2,3)27-13-16-28(17-14-27)43-29-15-12-26-19-33(38-32(30(26)20-29)18-23-6-4-5-7-23)35(42)39-31(21-34(40)41)25-10-8-24(22-37)9-11-25/h8-17,19-20,23,31H,4-7,18,21H2,1-3H3,(H,39,42)(H,40,41). The number of carbonyl (C=O) groups is 2. The average Bonchev–Trinajstić information content (AvgIpc) is 3.50. The Kier molecular flexibility index (Phi) is 8.77. The van der Waals surface area contributed by atoms with Crippen LogP contribution in [-0.4, -0.2) is 22.0 Å². The molecule has 1 heterocycles. The highest BCUT2D eigenvalue weighted by atomic mass is 16.5. The van der Waals surface area contributed by atoms with Gasteiger partial charge in [-0.1, -0.05) is 76.8 Å². The van der Waals surface area contributed by atoms with Crippen molar-refractivity contribution < 1.29 is 19.4 Å². The monoisotopic (exact) mass is 575 g/mol. The van der Waals surface area contributed by atoms with Crippen LogP contribution in [0.2, 0.25) is 0 Å². The molecule has 2 N–H and O–H groups in total. The number of nitriles is 1. The van der Waals surface area contributed by atoms with E-state index in [0.29, 0.717) is 22.8 Å². The summed E-state index contributed by atoms with van der Waals surface area (Å²) < 4.78 is 6.23. The second-order valence-electron chi connectivity index (χ2n) is 12.4. The Labute approximate surface area is 252 Å². The summed E-state index contributed by atoms with van der Waals surface area (Å²) in [7, 11) is 0. The van der Waals surface area contributed by atoms with Crippen molar-refractivity contribution in [2.45, 2.75) is 70.8 Å². The lowest BCUT2D eigenvalue weighted by molar-refractivity contribution is -0.137. The minimum Gasteiger partial charge on any atom is -0.481 e. The number of ether oxygens (including phenoxy) is 1. The number of nitrogens with one attached hydrogen (secondary N) is 1. The fraction of sp³-hybridized carbons (Fsp3) is 0.333. The zero-order chi connectivity index (χ0) is 30.6. The van der Waals surface area contributed by atoms with Crippen molar-refractivity contribution in [3.8, 4) is 17.6 Å². The molecule has 0 spiro atoms. The van der Waals surface area contributed by atoms with Gasteiger partial charge in [0.1, 0.15) is 17.2 Å². The molecule has 7 heteroatoms. The predicted molar refractivity (Wildman–Crippen MR) is 166 cm³/mol. The molecule has 1 saturated carbocycles. The second-order valence-corrected chi connectivity index (χ2v) is 12.4. The first-order chi connectivity index (χ1) is 20.6. The predicted octanol–water partition coefficient (Wildman–Crippen LogP) is 7.87. The molecule has 7 nitrogen and oxygen atoms in total. The first kappa shape index (κ1) is 29.8. The van der Waals surface area contributed by atoms with Gasteiger partial charge < -0.3 is 15.2 Å². The fourth-order valence-electron chi connectivity index (χ4n) is 5.73. The van der Waals surface area contributed by atoms with E-state index in [9.17, 15) is 14.7 Å². The number of pyridine rings is 1. The Morgan fingerprint density at radius 3 is 2.30 bits per heavy atom. The van der Waals surface area contributed by atoms with Crippen molar-refractivity contribution in [1.29, 1.82) is 5.26 Å². The van der Waals surface area contributed by atoms with E-state index >= 15 is 0 Å². The third-order valence-electron chi connectivity index (χ3n) is 8.15. The number of amides is 1. The van der Waals surface area contributed by atoms with Gasteiger partial charge >= 0.3 is 5.97 Å². The van der Waals surface area contributed by atoms with Crippen LogP contribution in [0.3, 0.4) is 0 Å². The van der Waals surface area contributed by atoms with Gasteiger partial charge in [0, 0.05) is 11.1 Å². The number of carboxylic acids is 1. The maximum Gasteiger partial charge on any atom is 0.305 e. The zero-order valence-electron chi connectivity index (χ0n) is 24.9. The molecule has 220 valence electrons. The number of aromatic nitrogens is 1. The van der Waals surface area contributed by atoms with Gasteiger partial charge in [-0.15, -0.1) is 0 Å². The number of hydrogen-bond acceptors (Lipinski definition) is 5. The van der Waals surface area contributed by atoms with E-state index < -0.39 is 17.9 Å². The minimum atomic E-state index is -1.04. The molecule has 3 aromatic carbocycles. The quantitative estimate of drug-likeness (QED) is 0.210. The summed E-state index contributed by atoms with van der Waals surface area (Å²) in [4.78, 5) is 30.0. The second kappa shape index (κ2) is 12.7. The molecular weight excluding hydrogens is 538 g/mol. The highest BCUT2D eigenvalue weighted by Gasteiger charge is 2.23. The van der Waals surface area contributed by atoms with Crippen molar-refractivity contribution >= 4 is 22.6 Å². The molecule has 0 saturated heterocycles. The van der Waals surface area contributed by atoms with Crippen LogP contribution >= 0.6 is 0 Å². The summed E-state index contributed by atoms with van der Waals surface area (Å²) in [6.07, 6.45) is 5.13. The molecule has 1 aliphatic rings. The lowest BCUT2D eigenvalue weighted by atomic mass is 9.87. The van der Waals surface area contributed by atoms with Crippen LogP contribution in [0.15, 0.2) is 72.8 Å². The Hall–Kier alpha value is -4.70. The Morgan fingerprint density at radius 2 is 1.67 bits per heavy atom. The molecule has 1 aliphatic carbocycles. The molecule has 1 fully saturated rings. The summed E-state index contributed by atoms with van der Waals surface area (Å²) in [5, 5.41) is 23.3. The number of aliphatic carboxylic acids is 1.